The van der Waals surface area contributed by atoms with Crippen LogP contribution in [0.1, 0.15) is 18.4 Å². The van der Waals surface area contributed by atoms with Crippen LogP contribution in [0.15, 0.2) is 77.3 Å². The molecule has 2 heterocycles. The number of methoxy groups -OCH3 is 1. The number of rotatable bonds is 5. The van der Waals surface area contributed by atoms with E-state index in [1.54, 1.807) is 20.2 Å². The number of ether oxygens (including phenoxy) is 1. The monoisotopic (exact) mass is 427 g/mol. The summed E-state index contributed by atoms with van der Waals surface area (Å²) in [5.41, 5.74) is 0.398. The van der Waals surface area contributed by atoms with Gasteiger partial charge in [-0.3, -0.25) is 9.69 Å². The van der Waals surface area contributed by atoms with E-state index in [1.165, 1.54) is 0 Å². The Balaban J connectivity index is 1.41. The van der Waals surface area contributed by atoms with Crippen molar-refractivity contribution in [3.63, 3.8) is 0 Å². The van der Waals surface area contributed by atoms with Crippen LogP contribution >= 0.6 is 0 Å². The summed E-state index contributed by atoms with van der Waals surface area (Å²) in [5.74, 6) is 1.28. The number of benzene rings is 3. The summed E-state index contributed by atoms with van der Waals surface area (Å²) < 4.78 is 11.1. The number of hydrogen-bond donors (Lipinski definition) is 1. The number of amides is 3. The molecule has 4 aromatic rings. The molecule has 7 nitrogen and oxygen atoms in total. The van der Waals surface area contributed by atoms with Crippen LogP contribution in [-0.2, 0) is 16.9 Å². The Bertz CT molecular complexity index is 1330. The zero-order valence-corrected chi connectivity index (χ0v) is 17.7. The van der Waals surface area contributed by atoms with Crippen molar-refractivity contribution in [3.8, 4) is 17.1 Å². The second-order valence-electron chi connectivity index (χ2n) is 7.86. The number of hydrogen-bond acceptors (Lipinski definition) is 5. The van der Waals surface area contributed by atoms with Gasteiger partial charge in [-0.25, -0.2) is 9.78 Å². The lowest BCUT2D eigenvalue weighted by atomic mass is 9.90. The van der Waals surface area contributed by atoms with E-state index in [0.717, 1.165) is 27.0 Å². The minimum atomic E-state index is -1.18. The van der Waals surface area contributed by atoms with Crippen LogP contribution in [0.4, 0.5) is 4.79 Å². The van der Waals surface area contributed by atoms with Crippen molar-refractivity contribution in [2.24, 2.45) is 0 Å². The molecule has 1 saturated heterocycles. The molecule has 160 valence electrons. The SMILES string of the molecule is COc1ccc2cc([C@@]3(C)NC(=O)N(Cc4ncc(-c5ccccc5)o4)C3=O)ccc2c1. The molecule has 1 aliphatic heterocycles. The number of oxazole rings is 1. The highest BCUT2D eigenvalue weighted by atomic mass is 16.5. The summed E-state index contributed by atoms with van der Waals surface area (Å²) in [6, 6.07) is 20.5. The Morgan fingerprint density at radius 3 is 2.56 bits per heavy atom. The fraction of sp³-hybridized carbons (Fsp3) is 0.160. The fourth-order valence-electron chi connectivity index (χ4n) is 3.95. The lowest BCUT2D eigenvalue weighted by Crippen LogP contribution is -2.40. The normalized spacial score (nSPS) is 18.2. The fourth-order valence-corrected chi connectivity index (χ4v) is 3.95. The van der Waals surface area contributed by atoms with Crippen molar-refractivity contribution in [1.29, 1.82) is 0 Å². The van der Waals surface area contributed by atoms with Crippen molar-refractivity contribution in [1.82, 2.24) is 15.2 Å². The number of fused-ring (bicyclic) bond motifs is 1. The number of carbonyl (C=O) groups excluding carboxylic acids is 2. The second kappa shape index (κ2) is 7.53. The van der Waals surface area contributed by atoms with Gasteiger partial charge in [0.15, 0.2) is 5.76 Å². The number of imide groups is 1. The Labute approximate surface area is 184 Å². The molecule has 1 fully saturated rings. The van der Waals surface area contributed by atoms with Crippen LogP contribution in [-0.4, -0.2) is 28.9 Å². The molecule has 1 atom stereocenters. The lowest BCUT2D eigenvalue weighted by Gasteiger charge is -2.22. The van der Waals surface area contributed by atoms with E-state index in [2.05, 4.69) is 10.3 Å². The van der Waals surface area contributed by atoms with Crippen LogP contribution < -0.4 is 10.1 Å². The standard InChI is InChI=1S/C25H21N3O4/c1-25(19-10-8-18-13-20(31-2)11-9-17(18)12-19)23(29)28(24(30)27-25)15-22-26-14-21(32-22)16-6-4-3-5-7-16/h3-14H,15H2,1-2H3,(H,27,30)/t25-/m1/s1. The van der Waals surface area contributed by atoms with Gasteiger partial charge in [0.2, 0.25) is 5.89 Å². The first-order valence-corrected chi connectivity index (χ1v) is 10.2. The van der Waals surface area contributed by atoms with Gasteiger partial charge in [0.05, 0.1) is 13.3 Å². The lowest BCUT2D eigenvalue weighted by molar-refractivity contribution is -0.131. The largest absolute Gasteiger partial charge is 0.497 e. The number of nitrogens with zero attached hydrogens (tertiary/aromatic N) is 2. The topological polar surface area (TPSA) is 84.7 Å². The predicted octanol–water partition coefficient (Wildman–Crippen LogP) is 4.47. The van der Waals surface area contributed by atoms with Gasteiger partial charge in [-0.2, -0.15) is 0 Å². The van der Waals surface area contributed by atoms with Gasteiger partial charge in [-0.05, 0) is 41.5 Å². The Morgan fingerprint density at radius 2 is 1.78 bits per heavy atom. The summed E-state index contributed by atoms with van der Waals surface area (Å²) in [6.07, 6.45) is 1.60. The third-order valence-electron chi connectivity index (χ3n) is 5.80. The summed E-state index contributed by atoms with van der Waals surface area (Å²) in [6.45, 7) is 1.67. The van der Waals surface area contributed by atoms with Crippen LogP contribution in [0.5, 0.6) is 5.75 Å². The molecule has 1 aliphatic rings. The molecular formula is C25H21N3O4. The molecule has 1 aromatic heterocycles. The Kier molecular flexibility index (Phi) is 4.66. The number of nitrogens with one attached hydrogen (secondary N) is 1. The van der Waals surface area contributed by atoms with E-state index in [1.807, 2.05) is 66.7 Å². The highest BCUT2D eigenvalue weighted by Gasteiger charge is 2.49. The second-order valence-corrected chi connectivity index (χ2v) is 7.86. The average Bonchev–Trinajstić information content (AvgIpc) is 3.38. The van der Waals surface area contributed by atoms with Gasteiger partial charge >= 0.3 is 6.03 Å². The average molecular weight is 427 g/mol. The Morgan fingerprint density at radius 1 is 1.03 bits per heavy atom. The smallest absolute Gasteiger partial charge is 0.325 e. The van der Waals surface area contributed by atoms with Gasteiger partial charge in [-0.1, -0.05) is 48.5 Å². The maximum absolute atomic E-state index is 13.3. The van der Waals surface area contributed by atoms with Gasteiger partial charge in [0.25, 0.3) is 5.91 Å². The van der Waals surface area contributed by atoms with E-state index in [0.29, 0.717) is 17.2 Å². The van der Waals surface area contributed by atoms with Crippen LogP contribution in [0.2, 0.25) is 0 Å². The van der Waals surface area contributed by atoms with Gasteiger partial charge in [0, 0.05) is 5.56 Å². The summed E-state index contributed by atoms with van der Waals surface area (Å²) in [5, 5.41) is 4.77. The molecule has 0 unspecified atom stereocenters. The highest BCUT2D eigenvalue weighted by Crippen LogP contribution is 2.33. The maximum atomic E-state index is 13.3. The first kappa shape index (κ1) is 19.8. The predicted molar refractivity (Wildman–Crippen MR) is 119 cm³/mol. The minimum absolute atomic E-state index is 0.0438. The van der Waals surface area contributed by atoms with Crippen molar-refractivity contribution < 1.29 is 18.7 Å². The molecular weight excluding hydrogens is 406 g/mol. The third-order valence-corrected chi connectivity index (χ3v) is 5.80. The zero-order valence-electron chi connectivity index (χ0n) is 17.7. The first-order valence-electron chi connectivity index (χ1n) is 10.2. The summed E-state index contributed by atoms with van der Waals surface area (Å²) in [4.78, 5) is 31.4. The molecule has 1 N–H and O–H groups in total. The van der Waals surface area contributed by atoms with E-state index in [4.69, 9.17) is 9.15 Å². The molecule has 0 saturated carbocycles. The first-order chi connectivity index (χ1) is 15.5. The molecule has 5 rings (SSSR count). The van der Waals surface area contributed by atoms with Gasteiger partial charge in [0.1, 0.15) is 17.8 Å². The molecule has 0 spiro atoms. The van der Waals surface area contributed by atoms with Gasteiger partial charge < -0.3 is 14.5 Å². The highest BCUT2D eigenvalue weighted by molar-refractivity contribution is 6.07. The third kappa shape index (κ3) is 3.28. The van der Waals surface area contributed by atoms with Crippen LogP contribution in [0, 0.1) is 0 Å². The molecule has 0 aliphatic carbocycles. The number of aromatic nitrogens is 1. The number of urea groups is 1. The summed E-state index contributed by atoms with van der Waals surface area (Å²) >= 11 is 0. The van der Waals surface area contributed by atoms with Crippen molar-refractivity contribution in [2.45, 2.75) is 19.0 Å². The van der Waals surface area contributed by atoms with Gasteiger partial charge in [-0.15, -0.1) is 0 Å². The van der Waals surface area contributed by atoms with E-state index in [9.17, 15) is 9.59 Å². The molecule has 3 amide bonds. The molecule has 0 bridgehead atoms. The maximum Gasteiger partial charge on any atom is 0.325 e. The molecule has 0 radical (unpaired) electrons. The molecule has 32 heavy (non-hydrogen) atoms. The van der Waals surface area contributed by atoms with Crippen LogP contribution in [0.25, 0.3) is 22.1 Å². The molecule has 7 heteroatoms. The quantitative estimate of drug-likeness (QED) is 0.475. The molecule has 3 aromatic carbocycles. The van der Waals surface area contributed by atoms with E-state index < -0.39 is 11.6 Å². The van der Waals surface area contributed by atoms with E-state index in [-0.39, 0.29) is 12.5 Å². The van der Waals surface area contributed by atoms with Crippen molar-refractivity contribution in [2.75, 3.05) is 7.11 Å². The van der Waals surface area contributed by atoms with Crippen molar-refractivity contribution >= 4 is 22.7 Å². The van der Waals surface area contributed by atoms with Crippen molar-refractivity contribution in [3.05, 3.63) is 84.4 Å². The van der Waals surface area contributed by atoms with Crippen LogP contribution in [0.3, 0.4) is 0 Å². The van der Waals surface area contributed by atoms with E-state index >= 15 is 0 Å². The number of carbonyl (C=O) groups is 2. The minimum Gasteiger partial charge on any atom is -0.497 e. The zero-order chi connectivity index (χ0) is 22.3. The Hall–Kier alpha value is -4.13. The summed E-state index contributed by atoms with van der Waals surface area (Å²) in [7, 11) is 1.62.